The minimum absolute atomic E-state index is 0.440. The molecule has 0 fully saturated rings. The third kappa shape index (κ3) is 1.36. The average molecular weight is 328 g/mol. The lowest BCUT2D eigenvalue weighted by atomic mass is 9.57. The highest BCUT2D eigenvalue weighted by Crippen LogP contribution is 2.63. The summed E-state index contributed by atoms with van der Waals surface area (Å²) in [5, 5.41) is 0. The van der Waals surface area contributed by atoms with Crippen LogP contribution in [0.1, 0.15) is 34.1 Å². The van der Waals surface area contributed by atoms with Gasteiger partial charge in [0.1, 0.15) is 0 Å². The molecular weight excluding hydrogens is 312 g/mol. The van der Waals surface area contributed by atoms with Crippen LogP contribution in [0.3, 0.4) is 0 Å². The Morgan fingerprint density at radius 2 is 1.19 bits per heavy atom. The summed E-state index contributed by atoms with van der Waals surface area (Å²) in [6.07, 6.45) is 9.35. The van der Waals surface area contributed by atoms with Gasteiger partial charge in [-0.25, -0.2) is 0 Å². The van der Waals surface area contributed by atoms with E-state index in [0.29, 0.717) is 11.8 Å². The number of allylic oxidation sites excluding steroid dienone is 5. The molecule has 26 heavy (non-hydrogen) atoms. The first-order valence-electron chi connectivity index (χ1n) is 9.37. The summed E-state index contributed by atoms with van der Waals surface area (Å²) >= 11 is 0. The van der Waals surface area contributed by atoms with Crippen molar-refractivity contribution in [2.45, 2.75) is 11.8 Å². The SMILES string of the molecule is C1=Cc2cccc3c2C2C1=CC=C1c4ccccc4-c4cccc-3c4C12. The Morgan fingerprint density at radius 3 is 2.08 bits per heavy atom. The molecule has 2 unspecified atom stereocenters. The molecule has 0 radical (unpaired) electrons. The summed E-state index contributed by atoms with van der Waals surface area (Å²) in [6, 6.07) is 22.6. The fraction of sp³-hybridized carbons (Fsp3) is 0.0769. The first-order valence-corrected chi connectivity index (χ1v) is 9.37. The lowest BCUT2D eigenvalue weighted by Crippen LogP contribution is -2.27. The fourth-order valence-electron chi connectivity index (χ4n) is 5.67. The van der Waals surface area contributed by atoms with Crippen LogP contribution in [0.4, 0.5) is 0 Å². The molecule has 0 saturated carbocycles. The quantitative estimate of drug-likeness (QED) is 0.438. The van der Waals surface area contributed by atoms with E-state index in [1.54, 1.807) is 0 Å². The van der Waals surface area contributed by atoms with Crippen molar-refractivity contribution >= 4 is 11.6 Å². The molecule has 0 heteroatoms. The molecule has 7 rings (SSSR count). The zero-order valence-corrected chi connectivity index (χ0v) is 14.2. The first-order chi connectivity index (χ1) is 12.9. The molecule has 0 amide bonds. The van der Waals surface area contributed by atoms with Crippen LogP contribution in [0.5, 0.6) is 0 Å². The molecule has 4 aliphatic rings. The van der Waals surface area contributed by atoms with E-state index in [-0.39, 0.29) is 0 Å². The third-order valence-corrected chi connectivity index (χ3v) is 6.62. The lowest BCUT2D eigenvalue weighted by Gasteiger charge is -2.45. The summed E-state index contributed by atoms with van der Waals surface area (Å²) < 4.78 is 0. The molecule has 0 spiro atoms. The average Bonchev–Trinajstić information content (AvgIpc) is 2.72. The maximum atomic E-state index is 2.37. The van der Waals surface area contributed by atoms with Gasteiger partial charge in [-0.05, 0) is 55.7 Å². The highest BCUT2D eigenvalue weighted by Gasteiger charge is 2.44. The van der Waals surface area contributed by atoms with Gasteiger partial charge in [-0.15, -0.1) is 0 Å². The highest BCUT2D eigenvalue weighted by molar-refractivity contribution is 6.00. The highest BCUT2D eigenvalue weighted by atomic mass is 14.5. The van der Waals surface area contributed by atoms with Gasteiger partial charge in [0, 0.05) is 11.8 Å². The molecule has 0 saturated heterocycles. The smallest absolute Gasteiger partial charge is 0.0218 e. The molecule has 0 bridgehead atoms. The van der Waals surface area contributed by atoms with Crippen LogP contribution in [-0.2, 0) is 0 Å². The maximum Gasteiger partial charge on any atom is 0.0218 e. The van der Waals surface area contributed by atoms with Crippen LogP contribution in [0.25, 0.3) is 33.9 Å². The van der Waals surface area contributed by atoms with Gasteiger partial charge in [0.05, 0.1) is 0 Å². The fourth-order valence-corrected chi connectivity index (χ4v) is 5.67. The molecule has 0 nitrogen and oxygen atoms in total. The van der Waals surface area contributed by atoms with Crippen molar-refractivity contribution in [2.75, 3.05) is 0 Å². The summed E-state index contributed by atoms with van der Waals surface area (Å²) in [5.74, 6) is 0.892. The van der Waals surface area contributed by atoms with Gasteiger partial charge in [0.25, 0.3) is 0 Å². The van der Waals surface area contributed by atoms with Crippen molar-refractivity contribution in [3.05, 3.63) is 107 Å². The molecule has 2 atom stereocenters. The number of hydrogen-bond donors (Lipinski definition) is 0. The summed E-state index contributed by atoms with van der Waals surface area (Å²) in [6.45, 7) is 0. The van der Waals surface area contributed by atoms with E-state index in [1.807, 2.05) is 0 Å². The van der Waals surface area contributed by atoms with E-state index < -0.39 is 0 Å². The van der Waals surface area contributed by atoms with Crippen LogP contribution in [0, 0.1) is 0 Å². The molecule has 3 aromatic carbocycles. The molecule has 4 aliphatic carbocycles. The van der Waals surface area contributed by atoms with Crippen LogP contribution < -0.4 is 0 Å². The zero-order chi connectivity index (χ0) is 16.8. The molecule has 0 heterocycles. The monoisotopic (exact) mass is 328 g/mol. The molecular formula is C26H16. The van der Waals surface area contributed by atoms with Crippen molar-refractivity contribution in [1.29, 1.82) is 0 Å². The molecule has 3 aromatic rings. The Hall–Kier alpha value is -3.12. The van der Waals surface area contributed by atoms with E-state index in [0.717, 1.165) is 0 Å². The Morgan fingerprint density at radius 1 is 0.500 bits per heavy atom. The molecule has 0 N–H and O–H groups in total. The number of hydrogen-bond acceptors (Lipinski definition) is 0. The van der Waals surface area contributed by atoms with E-state index in [9.17, 15) is 0 Å². The maximum absolute atomic E-state index is 2.37. The zero-order valence-electron chi connectivity index (χ0n) is 14.2. The van der Waals surface area contributed by atoms with Gasteiger partial charge in [-0.3, -0.25) is 0 Å². The van der Waals surface area contributed by atoms with E-state index >= 15 is 0 Å². The Balaban J connectivity index is 1.73. The predicted octanol–water partition coefficient (Wildman–Crippen LogP) is 6.57. The number of fused-ring (bicyclic) bond motifs is 4. The minimum atomic E-state index is 0.440. The van der Waals surface area contributed by atoms with E-state index in [1.165, 1.54) is 55.7 Å². The number of benzene rings is 3. The normalized spacial score (nSPS) is 22.2. The van der Waals surface area contributed by atoms with Crippen molar-refractivity contribution in [1.82, 2.24) is 0 Å². The van der Waals surface area contributed by atoms with Crippen molar-refractivity contribution in [3.63, 3.8) is 0 Å². The van der Waals surface area contributed by atoms with Crippen LogP contribution in [-0.4, -0.2) is 0 Å². The Kier molecular flexibility index (Phi) is 2.19. The largest absolute Gasteiger partial charge is 0.0616 e. The summed E-state index contributed by atoms with van der Waals surface area (Å²) in [5.41, 5.74) is 14.5. The van der Waals surface area contributed by atoms with Gasteiger partial charge in [-0.1, -0.05) is 85.0 Å². The second-order valence-electron chi connectivity index (χ2n) is 7.70. The molecule has 0 aromatic heterocycles. The van der Waals surface area contributed by atoms with E-state index in [4.69, 9.17) is 0 Å². The minimum Gasteiger partial charge on any atom is -0.0616 e. The van der Waals surface area contributed by atoms with Gasteiger partial charge >= 0.3 is 0 Å². The van der Waals surface area contributed by atoms with Crippen LogP contribution in [0.15, 0.2) is 84.5 Å². The van der Waals surface area contributed by atoms with Crippen LogP contribution in [0.2, 0.25) is 0 Å². The van der Waals surface area contributed by atoms with Crippen molar-refractivity contribution in [2.24, 2.45) is 0 Å². The van der Waals surface area contributed by atoms with E-state index in [2.05, 4.69) is 85.0 Å². The summed E-state index contributed by atoms with van der Waals surface area (Å²) in [4.78, 5) is 0. The van der Waals surface area contributed by atoms with Gasteiger partial charge in [-0.2, -0.15) is 0 Å². The summed E-state index contributed by atoms with van der Waals surface area (Å²) in [7, 11) is 0. The first kappa shape index (κ1) is 13.1. The van der Waals surface area contributed by atoms with Crippen LogP contribution >= 0.6 is 0 Å². The lowest BCUT2D eigenvalue weighted by molar-refractivity contribution is 0.704. The molecule has 0 aliphatic heterocycles. The van der Waals surface area contributed by atoms with Gasteiger partial charge in [0.2, 0.25) is 0 Å². The topological polar surface area (TPSA) is 0 Å². The standard InChI is InChI=1S/C26H16/c1-2-7-18-17(6-1)19-9-4-10-21-20-8-3-5-15-11-12-16-13-14-22(18)26(25(19)21)24(16)23(15)20/h1-14,24,26H. The van der Waals surface area contributed by atoms with Gasteiger partial charge in [0.15, 0.2) is 0 Å². The second-order valence-corrected chi connectivity index (χ2v) is 7.70. The van der Waals surface area contributed by atoms with Crippen molar-refractivity contribution in [3.8, 4) is 22.3 Å². The van der Waals surface area contributed by atoms with Gasteiger partial charge < -0.3 is 0 Å². The van der Waals surface area contributed by atoms with Crippen molar-refractivity contribution < 1.29 is 0 Å². The Bertz CT molecular complexity index is 1230. The second kappa shape index (κ2) is 4.34. The third-order valence-electron chi connectivity index (χ3n) is 6.62. The molecule has 120 valence electrons. The number of rotatable bonds is 0. The Labute approximate surface area is 152 Å². The predicted molar refractivity (Wildman–Crippen MR) is 108 cm³/mol.